The highest BCUT2D eigenvalue weighted by molar-refractivity contribution is 8.15. The second-order valence-electron chi connectivity index (χ2n) is 11.8. The number of hydrogen-bond acceptors (Lipinski definition) is 0. The van der Waals surface area contributed by atoms with E-state index in [0.717, 1.165) is 0 Å². The molecule has 0 aliphatic carbocycles. The molecule has 1 aliphatic rings. The van der Waals surface area contributed by atoms with Crippen molar-refractivity contribution in [1.82, 2.24) is 0 Å². The van der Waals surface area contributed by atoms with E-state index < -0.39 is 14.5 Å². The van der Waals surface area contributed by atoms with Crippen molar-refractivity contribution >= 4 is 59.6 Å². The maximum absolute atomic E-state index is 2.43. The van der Waals surface area contributed by atoms with Crippen LogP contribution >= 0.6 is 22.7 Å². The van der Waals surface area contributed by atoms with Crippen LogP contribution in [-0.2, 0) is 0 Å². The van der Waals surface area contributed by atoms with Gasteiger partial charge in [0, 0.05) is 11.1 Å². The third-order valence-corrected chi connectivity index (χ3v) is 21.4. The van der Waals surface area contributed by atoms with E-state index in [-0.39, 0.29) is 5.40 Å². The van der Waals surface area contributed by atoms with Crippen LogP contribution in [-0.4, -0.2) is 5.03 Å². The topological polar surface area (TPSA) is 0 Å². The second-order valence-corrected chi connectivity index (χ2v) is 20.7. The summed E-state index contributed by atoms with van der Waals surface area (Å²) in [5, 5.41) is 10.3. The molecule has 0 aromatic heterocycles. The summed E-state index contributed by atoms with van der Waals surface area (Å²) in [6, 6.07) is 77.6. The van der Waals surface area contributed by atoms with E-state index in [0.29, 0.717) is 0 Å². The Balaban J connectivity index is 1.53. The molecule has 0 fully saturated rings. The number of hydrogen-bond donors (Lipinski definition) is 0. The summed E-state index contributed by atoms with van der Waals surface area (Å²) < 4.78 is 0. The molecule has 7 aromatic rings. The number of fused-ring (bicyclic) bond motifs is 1. The van der Waals surface area contributed by atoms with Crippen molar-refractivity contribution in [2.24, 2.45) is 0 Å². The van der Waals surface area contributed by atoms with E-state index in [9.17, 15) is 0 Å². The molecule has 0 radical (unpaired) electrons. The van der Waals surface area contributed by atoms with Crippen molar-refractivity contribution in [3.63, 3.8) is 0 Å². The summed E-state index contributed by atoms with van der Waals surface area (Å²) in [4.78, 5) is 0. The molecule has 7 aromatic carbocycles. The molecule has 1 heterocycles. The van der Waals surface area contributed by atoms with Crippen LogP contribution in [0.4, 0.5) is 0 Å². The van der Waals surface area contributed by atoms with Gasteiger partial charge in [-0.25, -0.2) is 0 Å². The maximum atomic E-state index is 2.43. The van der Waals surface area contributed by atoms with Crippen LogP contribution in [0.1, 0.15) is 16.5 Å². The van der Waals surface area contributed by atoms with Gasteiger partial charge in [-0.05, 0) is 81.0 Å². The molecule has 8 rings (SSSR count). The molecule has 0 bridgehead atoms. The molecule has 1 unspecified atom stereocenters. The minimum atomic E-state index is -2.29. The minimum Gasteiger partial charge on any atom is -0.0620 e. The van der Waals surface area contributed by atoms with Crippen molar-refractivity contribution < 1.29 is 0 Å². The van der Waals surface area contributed by atoms with Gasteiger partial charge in [-0.1, -0.05) is 133 Å². The summed E-state index contributed by atoms with van der Waals surface area (Å²) in [6.07, 6.45) is 0. The molecule has 0 N–H and O–H groups in total. The van der Waals surface area contributed by atoms with E-state index in [2.05, 4.69) is 206 Å². The lowest BCUT2D eigenvalue weighted by atomic mass is 10.1. The average Bonchev–Trinajstić information content (AvgIpc) is 3.55. The van der Waals surface area contributed by atoms with Gasteiger partial charge in [-0.15, -0.1) is 0 Å². The van der Waals surface area contributed by atoms with Gasteiger partial charge in [0.25, 0.3) is 0 Å². The third-order valence-electron chi connectivity index (χ3n) is 9.33. The van der Waals surface area contributed by atoms with Crippen LogP contribution in [0.15, 0.2) is 206 Å². The maximum Gasteiger partial charge on any atom is 0.153 e. The van der Waals surface area contributed by atoms with Gasteiger partial charge in [-0.3, -0.25) is 0 Å². The Morgan fingerprint density at radius 1 is 0.319 bits per heavy atom. The summed E-state index contributed by atoms with van der Waals surface area (Å²) >= 11 is 0. The van der Waals surface area contributed by atoms with Crippen LogP contribution < -0.4 is 31.8 Å². The first kappa shape index (κ1) is 29.9. The fourth-order valence-corrected chi connectivity index (χ4v) is 21.3. The standard InChI is InChI=1S/C44H35P3/c1-7-21-35(22-8-1)46(36-23-9-2-10-24-36,37-25-11-3-12-26-37)43-41-33-19-20-34-42(41)44(45-43)47(38-27-13-4-14-28-38,39-29-15-5-16-30-39)40-31-17-6-18-32-40/h1-34,43H/q+2. The van der Waals surface area contributed by atoms with Crippen molar-refractivity contribution in [2.45, 2.75) is 5.40 Å². The lowest BCUT2D eigenvalue weighted by Gasteiger charge is -2.32. The van der Waals surface area contributed by atoms with E-state index in [1.165, 1.54) is 51.2 Å². The van der Waals surface area contributed by atoms with Gasteiger partial charge < -0.3 is 0 Å². The largest absolute Gasteiger partial charge is 0.153 e. The summed E-state index contributed by atoms with van der Waals surface area (Å²) in [5.74, 6) is 0. The van der Waals surface area contributed by atoms with Gasteiger partial charge in [0.1, 0.15) is 51.4 Å². The Hall–Kier alpha value is -4.43. The Labute approximate surface area is 281 Å². The van der Waals surface area contributed by atoms with E-state index in [4.69, 9.17) is 0 Å². The van der Waals surface area contributed by atoms with Gasteiger partial charge in [0.2, 0.25) is 0 Å². The van der Waals surface area contributed by atoms with Gasteiger partial charge in [0.05, 0.1) is 0 Å². The molecule has 47 heavy (non-hydrogen) atoms. The zero-order chi connectivity index (χ0) is 31.5. The quantitative estimate of drug-likeness (QED) is 0.143. The Morgan fingerprint density at radius 2 is 0.617 bits per heavy atom. The van der Waals surface area contributed by atoms with Crippen LogP contribution in [0.5, 0.6) is 0 Å². The summed E-state index contributed by atoms with van der Waals surface area (Å²) in [6.45, 7) is 0. The first-order valence-corrected chi connectivity index (χ1v) is 20.7. The molecule has 0 saturated carbocycles. The van der Waals surface area contributed by atoms with Crippen molar-refractivity contribution in [2.75, 3.05) is 0 Å². The zero-order valence-electron chi connectivity index (χ0n) is 26.0. The predicted molar refractivity (Wildman–Crippen MR) is 211 cm³/mol. The normalized spacial score (nSPS) is 14.6. The van der Waals surface area contributed by atoms with Gasteiger partial charge in [0.15, 0.2) is 5.40 Å². The smallest absolute Gasteiger partial charge is 0.0620 e. The van der Waals surface area contributed by atoms with Crippen LogP contribution in [0.3, 0.4) is 0 Å². The fourth-order valence-electron chi connectivity index (χ4n) is 7.37. The number of benzene rings is 7. The van der Waals surface area contributed by atoms with Crippen molar-refractivity contribution in [3.8, 4) is 0 Å². The van der Waals surface area contributed by atoms with Crippen LogP contribution in [0.2, 0.25) is 0 Å². The Kier molecular flexibility index (Phi) is 8.28. The predicted octanol–water partition coefficient (Wildman–Crippen LogP) is 9.11. The van der Waals surface area contributed by atoms with E-state index >= 15 is 0 Å². The van der Waals surface area contributed by atoms with Gasteiger partial charge >= 0.3 is 0 Å². The molecule has 224 valence electrons. The summed E-state index contributed by atoms with van der Waals surface area (Å²) in [7, 11) is -3.15. The fraction of sp³-hybridized carbons (Fsp3) is 0.0227. The van der Waals surface area contributed by atoms with Crippen LogP contribution in [0.25, 0.3) is 0 Å². The zero-order valence-corrected chi connectivity index (χ0v) is 28.7. The molecule has 0 nitrogen and oxygen atoms in total. The van der Waals surface area contributed by atoms with E-state index in [1.807, 2.05) is 0 Å². The van der Waals surface area contributed by atoms with Gasteiger partial charge in [-0.2, -0.15) is 0 Å². The molecular formula is C44H35P3+2. The molecule has 0 spiro atoms. The first-order valence-electron chi connectivity index (χ1n) is 16.1. The summed E-state index contributed by atoms with van der Waals surface area (Å²) in [5.41, 5.74) is 2.87. The second kappa shape index (κ2) is 13.0. The van der Waals surface area contributed by atoms with Crippen LogP contribution in [0, 0.1) is 0 Å². The molecule has 1 atom stereocenters. The third kappa shape index (κ3) is 4.96. The molecule has 3 heteroatoms. The highest BCUT2D eigenvalue weighted by Crippen LogP contribution is 2.76. The molecule has 1 aliphatic heterocycles. The molecular weight excluding hydrogens is 621 g/mol. The monoisotopic (exact) mass is 656 g/mol. The Morgan fingerprint density at radius 3 is 0.979 bits per heavy atom. The molecule has 0 amide bonds. The minimum absolute atomic E-state index is 0.247. The average molecular weight is 657 g/mol. The molecule has 0 saturated heterocycles. The lowest BCUT2D eigenvalue weighted by Crippen LogP contribution is -2.36. The van der Waals surface area contributed by atoms with E-state index in [1.54, 1.807) is 5.03 Å². The number of rotatable bonds is 8. The highest BCUT2D eigenvalue weighted by Gasteiger charge is 2.60. The first-order chi connectivity index (χ1) is 23.3. The highest BCUT2D eigenvalue weighted by atomic mass is 31.2. The lowest BCUT2D eigenvalue weighted by molar-refractivity contribution is 1.36. The van der Waals surface area contributed by atoms with Crippen molar-refractivity contribution in [3.05, 3.63) is 217 Å². The SMILES string of the molecule is c1ccc([P+](C2=PC([P+](c3ccccc3)(c3ccccc3)c3ccccc3)c3ccccc32)(c2ccccc2)c2ccccc2)cc1. The Bertz CT molecular complexity index is 1920. The van der Waals surface area contributed by atoms with Crippen molar-refractivity contribution in [1.29, 1.82) is 0 Å².